The molecule has 0 saturated heterocycles. The predicted octanol–water partition coefficient (Wildman–Crippen LogP) is 2.87. The Labute approximate surface area is 111 Å². The number of nitriles is 1. The lowest BCUT2D eigenvalue weighted by molar-refractivity contribution is 0.318. The van der Waals surface area contributed by atoms with Gasteiger partial charge in [0.1, 0.15) is 5.75 Å². The van der Waals surface area contributed by atoms with Crippen LogP contribution in [0.5, 0.6) is 5.75 Å². The molecule has 0 aliphatic rings. The smallest absolute Gasteiger partial charge is 0.119 e. The first-order chi connectivity index (χ1) is 8.67. The zero-order valence-corrected chi connectivity index (χ0v) is 11.7. The van der Waals surface area contributed by atoms with E-state index in [1.807, 2.05) is 6.92 Å². The molecule has 0 bridgehead atoms. The van der Waals surface area contributed by atoms with Gasteiger partial charge in [0.15, 0.2) is 0 Å². The van der Waals surface area contributed by atoms with E-state index in [9.17, 15) is 4.21 Å². The Morgan fingerprint density at radius 2 is 2.06 bits per heavy atom. The molecule has 3 nitrogen and oxygen atoms in total. The van der Waals surface area contributed by atoms with E-state index in [2.05, 4.69) is 13.0 Å². The van der Waals surface area contributed by atoms with Crippen molar-refractivity contribution in [2.24, 2.45) is 0 Å². The van der Waals surface area contributed by atoms with Gasteiger partial charge < -0.3 is 4.74 Å². The van der Waals surface area contributed by atoms with Crippen LogP contribution < -0.4 is 4.74 Å². The van der Waals surface area contributed by atoms with E-state index in [0.29, 0.717) is 17.9 Å². The molecule has 0 fully saturated rings. The Balaban J connectivity index is 2.25. The zero-order chi connectivity index (χ0) is 13.4. The largest absolute Gasteiger partial charge is 0.494 e. The highest BCUT2D eigenvalue weighted by atomic mass is 32.2. The summed E-state index contributed by atoms with van der Waals surface area (Å²) in [5.74, 6) is 1.44. The summed E-state index contributed by atoms with van der Waals surface area (Å²) in [5.41, 5.74) is 0.625. The van der Waals surface area contributed by atoms with E-state index >= 15 is 0 Å². The summed E-state index contributed by atoms with van der Waals surface area (Å²) in [6.07, 6.45) is 1.74. The number of nitrogens with zero attached hydrogens (tertiary/aromatic N) is 1. The fourth-order valence-electron chi connectivity index (χ4n) is 1.40. The minimum absolute atomic E-state index is 0.264. The first-order valence-corrected chi connectivity index (χ1v) is 7.55. The Kier molecular flexibility index (Phi) is 6.45. The molecule has 0 N–H and O–H groups in total. The molecular formula is C14H19NO2S. The molecule has 0 amide bonds. The quantitative estimate of drug-likeness (QED) is 0.712. The molecule has 0 aliphatic carbocycles. The minimum atomic E-state index is -0.751. The molecular weight excluding hydrogens is 246 g/mol. The molecule has 0 spiro atoms. The third-order valence-corrected chi connectivity index (χ3v) is 4.69. The average Bonchev–Trinajstić information content (AvgIpc) is 2.43. The van der Waals surface area contributed by atoms with Crippen LogP contribution in [0.2, 0.25) is 0 Å². The van der Waals surface area contributed by atoms with E-state index in [0.717, 1.165) is 18.6 Å². The summed E-state index contributed by atoms with van der Waals surface area (Å²) < 4.78 is 17.2. The highest BCUT2D eigenvalue weighted by molar-refractivity contribution is 7.85. The normalized spacial score (nSPS) is 13.6. The van der Waals surface area contributed by atoms with Crippen molar-refractivity contribution in [3.63, 3.8) is 0 Å². The van der Waals surface area contributed by atoms with Crippen molar-refractivity contribution >= 4 is 10.8 Å². The fraction of sp³-hybridized carbons (Fsp3) is 0.500. The van der Waals surface area contributed by atoms with Gasteiger partial charge >= 0.3 is 0 Å². The molecule has 2 unspecified atom stereocenters. The molecule has 0 aromatic heterocycles. The molecule has 0 saturated carbocycles. The number of hydrogen-bond acceptors (Lipinski definition) is 3. The topological polar surface area (TPSA) is 50.1 Å². The van der Waals surface area contributed by atoms with Gasteiger partial charge in [-0.25, -0.2) is 0 Å². The lowest BCUT2D eigenvalue weighted by Crippen LogP contribution is -2.14. The van der Waals surface area contributed by atoms with Gasteiger partial charge in [0, 0.05) is 21.8 Å². The highest BCUT2D eigenvalue weighted by Crippen LogP contribution is 2.12. The van der Waals surface area contributed by atoms with Crippen LogP contribution in [-0.4, -0.2) is 21.8 Å². The Hall–Kier alpha value is -1.34. The lowest BCUT2D eigenvalue weighted by atomic mass is 10.2. The van der Waals surface area contributed by atoms with Gasteiger partial charge in [-0.05, 0) is 37.1 Å². The number of rotatable bonds is 7. The maximum Gasteiger partial charge on any atom is 0.119 e. The second-order valence-electron chi connectivity index (χ2n) is 4.14. The second kappa shape index (κ2) is 7.88. The van der Waals surface area contributed by atoms with Crippen molar-refractivity contribution in [2.75, 3.05) is 12.4 Å². The van der Waals surface area contributed by atoms with Gasteiger partial charge in [0.2, 0.25) is 0 Å². The van der Waals surface area contributed by atoms with Crippen LogP contribution in [0.1, 0.15) is 32.3 Å². The Morgan fingerprint density at radius 1 is 1.39 bits per heavy atom. The van der Waals surface area contributed by atoms with Crippen molar-refractivity contribution in [2.45, 2.75) is 31.9 Å². The molecule has 1 aromatic carbocycles. The Bertz CT molecular complexity index is 422. The van der Waals surface area contributed by atoms with Gasteiger partial charge in [-0.15, -0.1) is 0 Å². The van der Waals surface area contributed by atoms with Crippen molar-refractivity contribution < 1.29 is 8.95 Å². The second-order valence-corrected chi connectivity index (χ2v) is 6.12. The van der Waals surface area contributed by atoms with Gasteiger partial charge in [-0.3, -0.25) is 4.21 Å². The van der Waals surface area contributed by atoms with Crippen LogP contribution >= 0.6 is 0 Å². The summed E-state index contributed by atoms with van der Waals surface area (Å²) in [6.45, 7) is 4.63. The van der Waals surface area contributed by atoms with Gasteiger partial charge in [0.05, 0.1) is 18.2 Å². The van der Waals surface area contributed by atoms with Gasteiger partial charge in [-0.2, -0.15) is 5.26 Å². The fourth-order valence-corrected chi connectivity index (χ4v) is 2.58. The Morgan fingerprint density at radius 3 is 2.61 bits per heavy atom. The van der Waals surface area contributed by atoms with Crippen molar-refractivity contribution in [3.05, 3.63) is 29.8 Å². The molecule has 18 heavy (non-hydrogen) atoms. The average molecular weight is 265 g/mol. The molecule has 0 aliphatic heterocycles. The molecule has 0 heterocycles. The van der Waals surface area contributed by atoms with E-state index in [-0.39, 0.29) is 5.25 Å². The summed E-state index contributed by atoms with van der Waals surface area (Å²) in [7, 11) is -0.751. The maximum absolute atomic E-state index is 11.7. The van der Waals surface area contributed by atoms with Crippen molar-refractivity contribution in [3.8, 4) is 11.8 Å². The van der Waals surface area contributed by atoms with Crippen LogP contribution in [-0.2, 0) is 10.8 Å². The summed E-state index contributed by atoms with van der Waals surface area (Å²) in [4.78, 5) is 0. The minimum Gasteiger partial charge on any atom is -0.494 e. The van der Waals surface area contributed by atoms with Crippen LogP contribution in [0.15, 0.2) is 24.3 Å². The van der Waals surface area contributed by atoms with E-state index in [1.54, 1.807) is 24.3 Å². The predicted molar refractivity (Wildman–Crippen MR) is 74.0 cm³/mol. The van der Waals surface area contributed by atoms with E-state index < -0.39 is 10.8 Å². The summed E-state index contributed by atoms with van der Waals surface area (Å²) in [6, 6.07) is 9.08. The van der Waals surface area contributed by atoms with Gasteiger partial charge in [-0.1, -0.05) is 13.8 Å². The molecule has 1 aromatic rings. The van der Waals surface area contributed by atoms with Crippen molar-refractivity contribution in [1.82, 2.24) is 0 Å². The molecule has 4 heteroatoms. The van der Waals surface area contributed by atoms with Crippen LogP contribution in [0.3, 0.4) is 0 Å². The molecule has 0 radical (unpaired) electrons. The lowest BCUT2D eigenvalue weighted by Gasteiger charge is -2.09. The molecule has 2 atom stereocenters. The summed E-state index contributed by atoms with van der Waals surface area (Å²) in [5, 5.41) is 8.92. The monoisotopic (exact) mass is 265 g/mol. The third kappa shape index (κ3) is 4.89. The highest BCUT2D eigenvalue weighted by Gasteiger charge is 2.07. The molecule has 1 rings (SSSR count). The standard InChI is InChI=1S/C14H19NO2S/c1-3-12(2)18(16)10-4-9-17-14-7-5-13(11-15)6-8-14/h5-8,12H,3-4,9-10H2,1-2H3. The van der Waals surface area contributed by atoms with E-state index in [4.69, 9.17) is 10.00 Å². The van der Waals surface area contributed by atoms with Crippen LogP contribution in [0.4, 0.5) is 0 Å². The van der Waals surface area contributed by atoms with Crippen LogP contribution in [0.25, 0.3) is 0 Å². The third-order valence-electron chi connectivity index (χ3n) is 2.77. The first-order valence-electron chi connectivity index (χ1n) is 6.17. The number of hydrogen-bond donors (Lipinski definition) is 0. The number of benzene rings is 1. The van der Waals surface area contributed by atoms with Gasteiger partial charge in [0.25, 0.3) is 0 Å². The maximum atomic E-state index is 11.7. The van der Waals surface area contributed by atoms with Crippen molar-refractivity contribution in [1.29, 1.82) is 5.26 Å². The zero-order valence-electron chi connectivity index (χ0n) is 10.9. The SMILES string of the molecule is CCC(C)S(=O)CCCOc1ccc(C#N)cc1. The number of ether oxygens (including phenoxy) is 1. The summed E-state index contributed by atoms with van der Waals surface area (Å²) >= 11 is 0. The van der Waals surface area contributed by atoms with Crippen LogP contribution in [0, 0.1) is 11.3 Å². The molecule has 98 valence electrons. The first kappa shape index (κ1) is 14.7. The van der Waals surface area contributed by atoms with E-state index in [1.165, 1.54) is 0 Å².